The van der Waals surface area contributed by atoms with Crippen LogP contribution in [-0.2, 0) is 25.9 Å². The quantitative estimate of drug-likeness (QED) is 0.861. The molecule has 0 bridgehead atoms. The van der Waals surface area contributed by atoms with E-state index in [9.17, 15) is 4.79 Å². The molecule has 0 fully saturated rings. The van der Waals surface area contributed by atoms with E-state index in [2.05, 4.69) is 17.3 Å². The maximum Gasteiger partial charge on any atom is 0.251 e. The van der Waals surface area contributed by atoms with Gasteiger partial charge in [0.05, 0.1) is 5.69 Å². The van der Waals surface area contributed by atoms with Crippen molar-refractivity contribution in [3.8, 4) is 0 Å². The van der Waals surface area contributed by atoms with Crippen LogP contribution in [0.15, 0.2) is 30.5 Å². The molecule has 0 unspecified atom stereocenters. The number of nitrogens with one attached hydrogen (secondary N) is 1. The molecule has 1 N–H and O–H groups in total. The van der Waals surface area contributed by atoms with Crippen molar-refractivity contribution in [3.05, 3.63) is 52.8 Å². The van der Waals surface area contributed by atoms with Crippen molar-refractivity contribution in [2.45, 2.75) is 25.8 Å². The number of nitrogens with zero attached hydrogens (tertiary/aromatic N) is 2. The molecule has 0 saturated heterocycles. The van der Waals surface area contributed by atoms with Gasteiger partial charge in [0.15, 0.2) is 0 Å². The highest BCUT2D eigenvalue weighted by Crippen LogP contribution is 2.09. The van der Waals surface area contributed by atoms with Crippen LogP contribution in [0.25, 0.3) is 0 Å². The van der Waals surface area contributed by atoms with Gasteiger partial charge < -0.3 is 5.32 Å². The van der Waals surface area contributed by atoms with Crippen molar-refractivity contribution in [1.29, 1.82) is 0 Å². The molecule has 5 heteroatoms. The van der Waals surface area contributed by atoms with Crippen LogP contribution in [0.3, 0.4) is 0 Å². The molecule has 1 aromatic heterocycles. The van der Waals surface area contributed by atoms with Gasteiger partial charge >= 0.3 is 0 Å². The van der Waals surface area contributed by atoms with Crippen LogP contribution >= 0.6 is 11.6 Å². The first kappa shape index (κ1) is 14.6. The zero-order valence-electron chi connectivity index (χ0n) is 11.7. The van der Waals surface area contributed by atoms with Gasteiger partial charge in [0.2, 0.25) is 0 Å². The van der Waals surface area contributed by atoms with Crippen molar-refractivity contribution >= 4 is 17.5 Å². The second-order valence-electron chi connectivity index (χ2n) is 4.64. The Balaban J connectivity index is 2.00. The van der Waals surface area contributed by atoms with Gasteiger partial charge in [0.25, 0.3) is 5.91 Å². The lowest BCUT2D eigenvalue weighted by molar-refractivity contribution is 0.0951. The van der Waals surface area contributed by atoms with Crippen molar-refractivity contribution in [2.75, 3.05) is 0 Å². The van der Waals surface area contributed by atoms with Crippen molar-refractivity contribution < 1.29 is 4.79 Å². The van der Waals surface area contributed by atoms with Gasteiger partial charge in [-0.05, 0) is 24.1 Å². The Morgan fingerprint density at radius 3 is 2.65 bits per heavy atom. The summed E-state index contributed by atoms with van der Waals surface area (Å²) in [5.41, 5.74) is 3.72. The summed E-state index contributed by atoms with van der Waals surface area (Å²) in [6.07, 6.45) is 2.80. The number of benzene rings is 1. The lowest BCUT2D eigenvalue weighted by Gasteiger charge is -2.05. The van der Waals surface area contributed by atoms with Crippen LogP contribution in [0, 0.1) is 0 Å². The predicted octanol–water partition coefficient (Wildman–Crippen LogP) is 2.65. The summed E-state index contributed by atoms with van der Waals surface area (Å²) < 4.78 is 1.77. The largest absolute Gasteiger partial charge is 0.348 e. The minimum atomic E-state index is -0.0861. The minimum Gasteiger partial charge on any atom is -0.348 e. The van der Waals surface area contributed by atoms with Gasteiger partial charge in [0, 0.05) is 36.8 Å². The van der Waals surface area contributed by atoms with E-state index in [1.165, 1.54) is 0 Å². The third-order valence-electron chi connectivity index (χ3n) is 3.14. The van der Waals surface area contributed by atoms with Gasteiger partial charge in [-0.1, -0.05) is 19.1 Å². The Morgan fingerprint density at radius 1 is 1.35 bits per heavy atom. The SMILES string of the molecule is CCc1nn(C)cc1CNC(=O)c1ccc(CCl)cc1. The number of aryl methyl sites for hydroxylation is 2. The average Bonchev–Trinajstić information content (AvgIpc) is 2.85. The molecule has 0 aliphatic rings. The molecular weight excluding hydrogens is 274 g/mol. The second kappa shape index (κ2) is 6.57. The van der Waals surface area contributed by atoms with Crippen LogP contribution in [-0.4, -0.2) is 15.7 Å². The molecule has 2 rings (SSSR count). The first-order valence-electron chi connectivity index (χ1n) is 6.58. The number of alkyl halides is 1. The van der Waals surface area contributed by atoms with E-state index >= 15 is 0 Å². The fourth-order valence-corrected chi connectivity index (χ4v) is 2.23. The number of halogens is 1. The first-order chi connectivity index (χ1) is 9.63. The maximum absolute atomic E-state index is 12.1. The second-order valence-corrected chi connectivity index (χ2v) is 4.91. The molecule has 2 aromatic rings. The Morgan fingerprint density at radius 2 is 2.05 bits per heavy atom. The molecule has 20 heavy (non-hydrogen) atoms. The number of aromatic nitrogens is 2. The number of rotatable bonds is 5. The molecular formula is C15H18ClN3O. The lowest BCUT2D eigenvalue weighted by Crippen LogP contribution is -2.23. The van der Waals surface area contributed by atoms with Crippen LogP contribution in [0.5, 0.6) is 0 Å². The third-order valence-corrected chi connectivity index (χ3v) is 3.45. The van der Waals surface area contributed by atoms with Crippen molar-refractivity contribution in [2.24, 2.45) is 7.05 Å². The number of hydrogen-bond acceptors (Lipinski definition) is 2. The molecule has 0 atom stereocenters. The Bertz CT molecular complexity index is 590. The van der Waals surface area contributed by atoms with Gasteiger partial charge in [0.1, 0.15) is 0 Å². The highest BCUT2D eigenvalue weighted by molar-refractivity contribution is 6.17. The van der Waals surface area contributed by atoms with E-state index in [0.29, 0.717) is 18.0 Å². The first-order valence-corrected chi connectivity index (χ1v) is 7.12. The minimum absolute atomic E-state index is 0.0861. The Labute approximate surface area is 123 Å². The molecule has 0 spiro atoms. The summed E-state index contributed by atoms with van der Waals surface area (Å²) in [7, 11) is 1.88. The Hall–Kier alpha value is -1.81. The molecule has 4 nitrogen and oxygen atoms in total. The van der Waals surface area contributed by atoms with Gasteiger partial charge in [-0.25, -0.2) is 0 Å². The molecule has 0 aliphatic carbocycles. The van der Waals surface area contributed by atoms with E-state index in [1.807, 2.05) is 25.4 Å². The summed E-state index contributed by atoms with van der Waals surface area (Å²) in [5.74, 6) is 0.370. The third kappa shape index (κ3) is 3.39. The average molecular weight is 292 g/mol. The molecule has 1 aromatic carbocycles. The molecule has 0 aliphatic heterocycles. The van der Waals surface area contributed by atoms with Crippen molar-refractivity contribution in [1.82, 2.24) is 15.1 Å². The summed E-state index contributed by atoms with van der Waals surface area (Å²) >= 11 is 5.73. The van der Waals surface area contributed by atoms with Crippen LogP contribution < -0.4 is 5.32 Å². The highest BCUT2D eigenvalue weighted by atomic mass is 35.5. The summed E-state index contributed by atoms with van der Waals surface area (Å²) in [5, 5.41) is 7.27. The van der Waals surface area contributed by atoms with Gasteiger partial charge in [-0.2, -0.15) is 5.10 Å². The molecule has 1 amide bonds. The van der Waals surface area contributed by atoms with Crippen LogP contribution in [0.2, 0.25) is 0 Å². The van der Waals surface area contributed by atoms with Crippen LogP contribution in [0.1, 0.15) is 34.1 Å². The van der Waals surface area contributed by atoms with E-state index in [4.69, 9.17) is 11.6 Å². The van der Waals surface area contributed by atoms with Gasteiger partial charge in [-0.15, -0.1) is 11.6 Å². The zero-order chi connectivity index (χ0) is 14.5. The standard InChI is InChI=1S/C15H18ClN3O/c1-3-14-13(10-19(2)18-14)9-17-15(20)12-6-4-11(8-16)5-7-12/h4-7,10H,3,8-9H2,1-2H3,(H,17,20). The highest BCUT2D eigenvalue weighted by Gasteiger charge is 2.09. The molecule has 1 heterocycles. The monoisotopic (exact) mass is 291 g/mol. The number of hydrogen-bond donors (Lipinski definition) is 1. The fraction of sp³-hybridized carbons (Fsp3) is 0.333. The maximum atomic E-state index is 12.1. The number of amides is 1. The van der Waals surface area contributed by atoms with E-state index < -0.39 is 0 Å². The van der Waals surface area contributed by atoms with E-state index in [1.54, 1.807) is 16.8 Å². The topological polar surface area (TPSA) is 46.9 Å². The summed E-state index contributed by atoms with van der Waals surface area (Å²) in [4.78, 5) is 12.1. The number of carbonyl (C=O) groups excluding carboxylic acids is 1. The summed E-state index contributed by atoms with van der Waals surface area (Å²) in [6, 6.07) is 7.31. The summed E-state index contributed by atoms with van der Waals surface area (Å²) in [6.45, 7) is 2.55. The normalized spacial score (nSPS) is 10.6. The van der Waals surface area contributed by atoms with Crippen molar-refractivity contribution in [3.63, 3.8) is 0 Å². The van der Waals surface area contributed by atoms with E-state index in [-0.39, 0.29) is 5.91 Å². The fourth-order valence-electron chi connectivity index (χ4n) is 2.05. The molecule has 106 valence electrons. The van der Waals surface area contributed by atoms with E-state index in [0.717, 1.165) is 23.2 Å². The number of carbonyl (C=O) groups is 1. The lowest BCUT2D eigenvalue weighted by atomic mass is 10.1. The predicted molar refractivity (Wildman–Crippen MR) is 79.8 cm³/mol. The smallest absolute Gasteiger partial charge is 0.251 e. The van der Waals surface area contributed by atoms with Crippen LogP contribution in [0.4, 0.5) is 0 Å². The zero-order valence-corrected chi connectivity index (χ0v) is 12.4. The molecule has 0 radical (unpaired) electrons. The Kier molecular flexibility index (Phi) is 4.79. The molecule has 0 saturated carbocycles. The van der Waals surface area contributed by atoms with Gasteiger partial charge in [-0.3, -0.25) is 9.48 Å².